The second-order valence-electron chi connectivity index (χ2n) is 9.41. The molecule has 1 aliphatic rings. The van der Waals surface area contributed by atoms with Gasteiger partial charge in [-0.05, 0) is 48.6 Å². The van der Waals surface area contributed by atoms with Gasteiger partial charge in [0.1, 0.15) is 12.1 Å². The molecule has 0 aromatic heterocycles. The van der Waals surface area contributed by atoms with Gasteiger partial charge in [0.25, 0.3) is 0 Å². The number of fused-ring (bicyclic) bond motifs is 1. The monoisotopic (exact) mass is 485 g/mol. The molecule has 0 bridgehead atoms. The molecule has 3 amide bonds. The zero-order valence-corrected chi connectivity index (χ0v) is 20.7. The summed E-state index contributed by atoms with van der Waals surface area (Å²) in [7, 11) is 0. The number of benzene rings is 3. The van der Waals surface area contributed by atoms with Gasteiger partial charge >= 0.3 is 6.09 Å². The Morgan fingerprint density at radius 3 is 2.19 bits per heavy atom. The van der Waals surface area contributed by atoms with Crippen molar-refractivity contribution in [3.05, 3.63) is 100 Å². The number of hydrogen-bond acceptors (Lipinski definition) is 3. The van der Waals surface area contributed by atoms with Crippen LogP contribution in [0.15, 0.2) is 66.7 Å². The zero-order valence-electron chi connectivity index (χ0n) is 20.7. The van der Waals surface area contributed by atoms with Gasteiger partial charge in [-0.2, -0.15) is 0 Å². The molecule has 1 unspecified atom stereocenters. The van der Waals surface area contributed by atoms with Crippen LogP contribution in [-0.4, -0.2) is 40.0 Å². The SMILES string of the molecule is Cc1cc(C)c(NC(=O)[C@@H]2Cc3ccccc3CN2C(=O)C(Cc2ccccc2)NC(=O)O)c(C)c1. The van der Waals surface area contributed by atoms with Gasteiger partial charge in [0.15, 0.2) is 0 Å². The molecule has 0 fully saturated rings. The van der Waals surface area contributed by atoms with E-state index in [0.717, 1.165) is 39.1 Å². The van der Waals surface area contributed by atoms with Gasteiger partial charge in [0.05, 0.1) is 0 Å². The third-order valence-corrected chi connectivity index (χ3v) is 6.64. The molecule has 2 atom stereocenters. The molecule has 1 aliphatic heterocycles. The Kier molecular flexibility index (Phi) is 7.38. The van der Waals surface area contributed by atoms with Crippen molar-refractivity contribution in [2.45, 2.75) is 52.2 Å². The van der Waals surface area contributed by atoms with Crippen molar-refractivity contribution in [3.8, 4) is 0 Å². The summed E-state index contributed by atoms with van der Waals surface area (Å²) < 4.78 is 0. The van der Waals surface area contributed by atoms with Crippen molar-refractivity contribution in [2.75, 3.05) is 5.32 Å². The minimum atomic E-state index is -1.28. The summed E-state index contributed by atoms with van der Waals surface area (Å²) in [6.45, 7) is 6.13. The molecule has 0 saturated heterocycles. The number of rotatable bonds is 6. The standard InChI is InChI=1S/C29H31N3O4/c1-18-13-19(2)26(20(3)14-18)31-27(33)25-16-22-11-7-8-12-23(22)17-32(25)28(34)24(30-29(35)36)15-21-9-5-4-6-10-21/h4-14,24-25,30H,15-17H2,1-3H3,(H,31,33)(H,35,36)/t24?,25-/m0/s1. The lowest BCUT2D eigenvalue weighted by Gasteiger charge is -2.38. The molecule has 7 nitrogen and oxygen atoms in total. The fraction of sp³-hybridized carbons (Fsp3) is 0.276. The van der Waals surface area contributed by atoms with Crippen molar-refractivity contribution in [1.82, 2.24) is 10.2 Å². The maximum absolute atomic E-state index is 13.8. The third kappa shape index (κ3) is 5.57. The Labute approximate surface area is 211 Å². The second kappa shape index (κ2) is 10.6. The summed E-state index contributed by atoms with van der Waals surface area (Å²) in [5, 5.41) is 14.9. The lowest BCUT2D eigenvalue weighted by molar-refractivity contribution is -0.141. The summed E-state index contributed by atoms with van der Waals surface area (Å²) >= 11 is 0. The van der Waals surface area contributed by atoms with E-state index in [-0.39, 0.29) is 18.9 Å². The molecule has 0 radical (unpaired) electrons. The smallest absolute Gasteiger partial charge is 0.405 e. The molecule has 1 heterocycles. The second-order valence-corrected chi connectivity index (χ2v) is 9.41. The highest BCUT2D eigenvalue weighted by Crippen LogP contribution is 2.27. The van der Waals surface area contributed by atoms with Crippen molar-refractivity contribution in [3.63, 3.8) is 0 Å². The normalized spacial score (nSPS) is 15.5. The predicted octanol–water partition coefficient (Wildman–Crippen LogP) is 4.38. The first-order valence-corrected chi connectivity index (χ1v) is 12.0. The molecular weight excluding hydrogens is 454 g/mol. The van der Waals surface area contributed by atoms with Gasteiger partial charge in [0.2, 0.25) is 11.8 Å². The van der Waals surface area contributed by atoms with Crippen LogP contribution in [0.1, 0.15) is 33.4 Å². The van der Waals surface area contributed by atoms with E-state index >= 15 is 0 Å². The van der Waals surface area contributed by atoms with Crippen LogP contribution in [0.5, 0.6) is 0 Å². The fourth-order valence-electron chi connectivity index (χ4n) is 4.97. The van der Waals surface area contributed by atoms with E-state index in [9.17, 15) is 19.5 Å². The maximum atomic E-state index is 13.8. The summed E-state index contributed by atoms with van der Waals surface area (Å²) in [5.41, 5.74) is 6.52. The molecule has 3 aromatic rings. The molecule has 3 N–H and O–H groups in total. The van der Waals surface area contributed by atoms with E-state index in [1.165, 1.54) is 4.90 Å². The molecule has 0 aliphatic carbocycles. The summed E-state index contributed by atoms with van der Waals surface area (Å²) in [6.07, 6.45) is -0.745. The highest BCUT2D eigenvalue weighted by molar-refractivity contribution is 5.99. The molecule has 0 saturated carbocycles. The number of nitrogens with zero attached hydrogens (tertiary/aromatic N) is 1. The molecule has 7 heteroatoms. The minimum absolute atomic E-state index is 0.189. The van der Waals surface area contributed by atoms with Gasteiger partial charge in [-0.15, -0.1) is 0 Å². The molecule has 186 valence electrons. The quantitative estimate of drug-likeness (QED) is 0.482. The van der Waals surface area contributed by atoms with Crippen molar-refractivity contribution < 1.29 is 19.5 Å². The Bertz CT molecular complexity index is 1270. The van der Waals surface area contributed by atoms with E-state index in [2.05, 4.69) is 10.6 Å². The number of carbonyl (C=O) groups is 3. The van der Waals surface area contributed by atoms with Crippen molar-refractivity contribution >= 4 is 23.6 Å². The van der Waals surface area contributed by atoms with Gasteiger partial charge in [-0.25, -0.2) is 4.79 Å². The van der Waals surface area contributed by atoms with Gasteiger partial charge < -0.3 is 20.6 Å². The van der Waals surface area contributed by atoms with Gasteiger partial charge in [-0.3, -0.25) is 9.59 Å². The average Bonchev–Trinajstić information content (AvgIpc) is 2.84. The van der Waals surface area contributed by atoms with E-state index in [4.69, 9.17) is 0 Å². The first-order chi connectivity index (χ1) is 17.2. The van der Waals surface area contributed by atoms with E-state index in [0.29, 0.717) is 6.42 Å². The lowest BCUT2D eigenvalue weighted by Crippen LogP contribution is -2.57. The van der Waals surface area contributed by atoms with E-state index < -0.39 is 24.1 Å². The third-order valence-electron chi connectivity index (χ3n) is 6.64. The number of anilines is 1. The molecule has 36 heavy (non-hydrogen) atoms. The zero-order chi connectivity index (χ0) is 25.8. The van der Waals surface area contributed by atoms with Crippen molar-refractivity contribution in [1.29, 1.82) is 0 Å². The lowest BCUT2D eigenvalue weighted by atomic mass is 9.92. The van der Waals surface area contributed by atoms with Crippen LogP contribution in [0, 0.1) is 20.8 Å². The van der Waals surface area contributed by atoms with Gasteiger partial charge in [-0.1, -0.05) is 72.3 Å². The van der Waals surface area contributed by atoms with Gasteiger partial charge in [0, 0.05) is 25.1 Å². The number of carboxylic acid groups (broad SMARTS) is 1. The Hall–Kier alpha value is -4.13. The summed E-state index contributed by atoms with van der Waals surface area (Å²) in [6, 6.07) is 19.2. The molecule has 0 spiro atoms. The highest BCUT2D eigenvalue weighted by Gasteiger charge is 2.38. The van der Waals surface area contributed by atoms with E-state index in [1.54, 1.807) is 0 Å². The maximum Gasteiger partial charge on any atom is 0.405 e. The summed E-state index contributed by atoms with van der Waals surface area (Å²) in [5.74, 6) is -0.713. The van der Waals surface area contributed by atoms with Crippen LogP contribution in [0.3, 0.4) is 0 Å². The van der Waals surface area contributed by atoms with E-state index in [1.807, 2.05) is 87.5 Å². The Morgan fingerprint density at radius 2 is 1.56 bits per heavy atom. The van der Waals surface area contributed by atoms with Crippen LogP contribution in [-0.2, 0) is 29.0 Å². The minimum Gasteiger partial charge on any atom is -0.465 e. The van der Waals surface area contributed by atoms with Crippen LogP contribution in [0.25, 0.3) is 0 Å². The summed E-state index contributed by atoms with van der Waals surface area (Å²) in [4.78, 5) is 40.6. The molecule has 3 aromatic carbocycles. The topological polar surface area (TPSA) is 98.7 Å². The number of amides is 3. The predicted molar refractivity (Wildman–Crippen MR) is 139 cm³/mol. The van der Waals surface area contributed by atoms with Crippen LogP contribution in [0.2, 0.25) is 0 Å². The fourth-order valence-corrected chi connectivity index (χ4v) is 4.97. The van der Waals surface area contributed by atoms with Crippen molar-refractivity contribution in [2.24, 2.45) is 0 Å². The average molecular weight is 486 g/mol. The number of hydrogen-bond donors (Lipinski definition) is 3. The molecule has 4 rings (SSSR count). The van der Waals surface area contributed by atoms with Crippen LogP contribution < -0.4 is 10.6 Å². The Morgan fingerprint density at radius 1 is 0.944 bits per heavy atom. The first-order valence-electron chi connectivity index (χ1n) is 12.0. The highest BCUT2D eigenvalue weighted by atomic mass is 16.4. The number of carbonyl (C=O) groups excluding carboxylic acids is 2. The number of aryl methyl sites for hydroxylation is 3. The largest absolute Gasteiger partial charge is 0.465 e. The number of nitrogens with one attached hydrogen (secondary N) is 2. The van der Waals surface area contributed by atoms with Crippen LogP contribution >= 0.6 is 0 Å². The molecular formula is C29H31N3O4. The Balaban J connectivity index is 1.66. The first kappa shape index (κ1) is 25.0. The van der Waals surface area contributed by atoms with Crippen LogP contribution in [0.4, 0.5) is 10.5 Å².